The Hall–Kier alpha value is -2.81. The van der Waals surface area contributed by atoms with Crippen LogP contribution in [-0.4, -0.2) is 11.4 Å². The molecule has 3 aromatic rings. The maximum Gasteiger partial charge on any atom is 0.220 e. The molecule has 0 fully saturated rings. The molecule has 1 aliphatic rings. The van der Waals surface area contributed by atoms with Crippen LogP contribution >= 0.6 is 0 Å². The second-order valence-electron chi connectivity index (χ2n) is 4.78. The van der Waals surface area contributed by atoms with Crippen LogP contribution < -0.4 is 5.12 Å². The number of rotatable bonds is 1. The highest BCUT2D eigenvalue weighted by Crippen LogP contribution is 2.43. The van der Waals surface area contributed by atoms with Crippen molar-refractivity contribution in [2.24, 2.45) is 0 Å². The third kappa shape index (κ3) is 1.50. The molecule has 3 heteroatoms. The van der Waals surface area contributed by atoms with E-state index >= 15 is 0 Å². The Labute approximate surface area is 117 Å². The number of anilines is 1. The third-order valence-electron chi connectivity index (χ3n) is 3.57. The standard InChI is InChI=1S/C17H13N3/c1-19-17-11-5-4-10-15(17)18-20(19)16-12-6-8-13-7-2-3-9-14(13)16/h2-12H,1H2. The summed E-state index contributed by atoms with van der Waals surface area (Å²) in [6.45, 7) is 4.11. The Kier molecular flexibility index (Phi) is 2.27. The lowest BCUT2D eigenvalue weighted by Crippen LogP contribution is -2.21. The summed E-state index contributed by atoms with van der Waals surface area (Å²) in [4.78, 5) is 0. The highest BCUT2D eigenvalue weighted by Gasteiger charge is 2.22. The minimum Gasteiger partial charge on any atom is -0.531 e. The number of hydrogen-bond donors (Lipinski definition) is 0. The largest absolute Gasteiger partial charge is 0.531 e. The van der Waals surface area contributed by atoms with Gasteiger partial charge in [-0.2, -0.15) is 0 Å². The fourth-order valence-corrected chi connectivity index (χ4v) is 2.59. The number of para-hydroxylation sites is 1. The maximum absolute atomic E-state index is 4.65. The molecule has 1 heterocycles. The van der Waals surface area contributed by atoms with Gasteiger partial charge in [0.25, 0.3) is 0 Å². The lowest BCUT2D eigenvalue weighted by atomic mass is 10.1. The van der Waals surface area contributed by atoms with E-state index in [1.54, 1.807) is 0 Å². The van der Waals surface area contributed by atoms with Crippen molar-refractivity contribution in [1.82, 2.24) is 0 Å². The Balaban J connectivity index is 1.88. The van der Waals surface area contributed by atoms with Gasteiger partial charge in [-0.15, -0.1) is 0 Å². The maximum atomic E-state index is 4.65. The summed E-state index contributed by atoms with van der Waals surface area (Å²) in [5.41, 5.74) is 7.64. The molecule has 1 aliphatic heterocycles. The van der Waals surface area contributed by atoms with Crippen LogP contribution in [-0.2, 0) is 0 Å². The van der Waals surface area contributed by atoms with Gasteiger partial charge >= 0.3 is 0 Å². The molecule has 0 aliphatic carbocycles. The molecule has 4 rings (SSSR count). The molecule has 0 unspecified atom stereocenters. The molecule has 0 spiro atoms. The van der Waals surface area contributed by atoms with Gasteiger partial charge in [0.15, 0.2) is 6.72 Å². The first kappa shape index (κ1) is 11.1. The molecule has 0 bridgehead atoms. The average molecular weight is 259 g/mol. The quantitative estimate of drug-likeness (QED) is 0.587. The van der Waals surface area contributed by atoms with Crippen LogP contribution in [0.15, 0.2) is 66.7 Å². The van der Waals surface area contributed by atoms with E-state index in [0.717, 1.165) is 17.1 Å². The van der Waals surface area contributed by atoms with E-state index in [2.05, 4.69) is 36.4 Å². The topological polar surface area (TPSA) is 20.4 Å². The van der Waals surface area contributed by atoms with Crippen LogP contribution in [0, 0.1) is 0 Å². The molecule has 0 saturated carbocycles. The van der Waals surface area contributed by atoms with Crippen molar-refractivity contribution in [2.45, 2.75) is 0 Å². The third-order valence-corrected chi connectivity index (χ3v) is 3.57. The van der Waals surface area contributed by atoms with Crippen molar-refractivity contribution >= 4 is 34.6 Å². The number of hydrogen-bond acceptors (Lipinski definition) is 1. The van der Waals surface area contributed by atoms with Crippen LogP contribution in [0.25, 0.3) is 16.2 Å². The monoisotopic (exact) mass is 259 g/mol. The van der Waals surface area contributed by atoms with E-state index in [1.165, 1.54) is 10.8 Å². The van der Waals surface area contributed by atoms with Gasteiger partial charge in [0.1, 0.15) is 0 Å². The molecular weight excluding hydrogens is 246 g/mol. The second-order valence-corrected chi connectivity index (χ2v) is 4.78. The Morgan fingerprint density at radius 3 is 2.50 bits per heavy atom. The van der Waals surface area contributed by atoms with E-state index < -0.39 is 0 Å². The Bertz CT molecular complexity index is 818. The van der Waals surface area contributed by atoms with Gasteiger partial charge in [-0.3, -0.25) is 0 Å². The molecule has 0 radical (unpaired) electrons. The predicted octanol–water partition coefficient (Wildman–Crippen LogP) is 4.54. The van der Waals surface area contributed by atoms with Crippen molar-refractivity contribution in [3.05, 3.63) is 72.2 Å². The van der Waals surface area contributed by atoms with E-state index in [9.17, 15) is 0 Å². The summed E-state index contributed by atoms with van der Waals surface area (Å²) >= 11 is 0. The lowest BCUT2D eigenvalue weighted by molar-refractivity contribution is -0.430. The fourth-order valence-electron chi connectivity index (χ4n) is 2.59. The normalized spacial score (nSPS) is 13.4. The summed E-state index contributed by atoms with van der Waals surface area (Å²) in [6, 6.07) is 22.5. The predicted molar refractivity (Wildman–Crippen MR) is 82.9 cm³/mol. The lowest BCUT2D eigenvalue weighted by Gasteiger charge is -2.25. The molecule has 96 valence electrons. The highest BCUT2D eigenvalue weighted by molar-refractivity contribution is 5.95. The van der Waals surface area contributed by atoms with Gasteiger partial charge in [-0.1, -0.05) is 59.3 Å². The minimum absolute atomic E-state index is 0.940. The highest BCUT2D eigenvalue weighted by atomic mass is 15.8. The van der Waals surface area contributed by atoms with Crippen LogP contribution in [0.1, 0.15) is 0 Å². The number of fused-ring (bicyclic) bond motifs is 2. The van der Waals surface area contributed by atoms with Crippen LogP contribution in [0.3, 0.4) is 0 Å². The SMILES string of the molecule is C=[N+]1c2ccccc2[N-]N1c1cccc2ccccc12. The Morgan fingerprint density at radius 2 is 1.60 bits per heavy atom. The van der Waals surface area contributed by atoms with Crippen LogP contribution in [0.2, 0.25) is 0 Å². The van der Waals surface area contributed by atoms with Gasteiger partial charge in [0, 0.05) is 11.5 Å². The van der Waals surface area contributed by atoms with Crippen molar-refractivity contribution < 1.29 is 4.68 Å². The van der Waals surface area contributed by atoms with Crippen molar-refractivity contribution in [3.63, 3.8) is 0 Å². The first-order valence-electron chi connectivity index (χ1n) is 6.54. The average Bonchev–Trinajstić information content (AvgIpc) is 2.84. The molecule has 0 amide bonds. The second kappa shape index (κ2) is 4.10. The summed E-state index contributed by atoms with van der Waals surface area (Å²) < 4.78 is 1.83. The first-order chi connectivity index (χ1) is 9.84. The van der Waals surface area contributed by atoms with Gasteiger partial charge in [0.05, 0.1) is 5.69 Å². The summed E-state index contributed by atoms with van der Waals surface area (Å²) in [7, 11) is 0. The van der Waals surface area contributed by atoms with E-state index in [0.29, 0.717) is 0 Å². The van der Waals surface area contributed by atoms with Crippen molar-refractivity contribution in [1.29, 1.82) is 0 Å². The first-order valence-corrected chi connectivity index (χ1v) is 6.54. The summed E-state index contributed by atoms with van der Waals surface area (Å²) in [5, 5.41) is 4.22. The molecule has 3 aromatic carbocycles. The molecule has 20 heavy (non-hydrogen) atoms. The summed E-state index contributed by atoms with van der Waals surface area (Å²) in [6.07, 6.45) is 0. The Morgan fingerprint density at radius 1 is 0.850 bits per heavy atom. The zero-order chi connectivity index (χ0) is 13.5. The molecule has 0 saturated heterocycles. The number of hydrazone groups is 1. The number of benzene rings is 3. The zero-order valence-corrected chi connectivity index (χ0v) is 10.9. The van der Waals surface area contributed by atoms with Crippen LogP contribution in [0.5, 0.6) is 0 Å². The number of hydrazine groups is 1. The minimum atomic E-state index is 0.940. The van der Waals surface area contributed by atoms with Crippen LogP contribution in [0.4, 0.5) is 17.1 Å². The zero-order valence-electron chi connectivity index (χ0n) is 10.9. The molecule has 0 aromatic heterocycles. The van der Waals surface area contributed by atoms with Gasteiger partial charge in [-0.25, -0.2) is 5.12 Å². The molecule has 3 nitrogen and oxygen atoms in total. The van der Waals surface area contributed by atoms with E-state index in [4.69, 9.17) is 0 Å². The van der Waals surface area contributed by atoms with E-state index in [1.807, 2.05) is 52.3 Å². The molecule has 0 N–H and O–H groups in total. The van der Waals surface area contributed by atoms with Crippen molar-refractivity contribution in [3.8, 4) is 0 Å². The summed E-state index contributed by atoms with van der Waals surface area (Å²) in [5.74, 6) is 0. The van der Waals surface area contributed by atoms with Gasteiger partial charge in [0.2, 0.25) is 5.69 Å². The van der Waals surface area contributed by atoms with E-state index in [-0.39, 0.29) is 0 Å². The van der Waals surface area contributed by atoms with Gasteiger partial charge in [-0.05, 0) is 17.1 Å². The van der Waals surface area contributed by atoms with Crippen molar-refractivity contribution in [2.75, 3.05) is 5.12 Å². The van der Waals surface area contributed by atoms with Gasteiger partial charge < -0.3 is 5.43 Å². The molecular formula is C17H13N3. The molecule has 0 atom stereocenters. The smallest absolute Gasteiger partial charge is 0.220 e. The number of nitrogens with zero attached hydrogens (tertiary/aromatic N) is 3. The fraction of sp³-hybridized carbons (Fsp3) is 0.